The highest BCUT2D eigenvalue weighted by Gasteiger charge is 2.17. The Bertz CT molecular complexity index is 891. The lowest BCUT2D eigenvalue weighted by atomic mass is 10.1. The summed E-state index contributed by atoms with van der Waals surface area (Å²) in [6.45, 7) is 1.94. The van der Waals surface area contributed by atoms with Crippen LogP contribution >= 0.6 is 11.6 Å². The first-order valence-corrected chi connectivity index (χ1v) is 7.86. The van der Waals surface area contributed by atoms with Crippen molar-refractivity contribution in [2.45, 2.75) is 13.3 Å². The van der Waals surface area contributed by atoms with E-state index in [1.165, 1.54) is 12.1 Å². The molecule has 0 saturated carbocycles. The van der Waals surface area contributed by atoms with Crippen LogP contribution in [0.3, 0.4) is 0 Å². The maximum atomic E-state index is 13.5. The number of anilines is 1. The van der Waals surface area contributed by atoms with Gasteiger partial charge in [-0.2, -0.15) is 5.10 Å². The van der Waals surface area contributed by atoms with E-state index in [0.29, 0.717) is 34.0 Å². The molecule has 0 aliphatic heterocycles. The Morgan fingerprint density at radius 2 is 2.04 bits per heavy atom. The molecule has 0 radical (unpaired) electrons. The fourth-order valence-corrected chi connectivity index (χ4v) is 2.62. The Kier molecular flexibility index (Phi) is 4.62. The first-order chi connectivity index (χ1) is 11.6. The van der Waals surface area contributed by atoms with Crippen molar-refractivity contribution in [1.82, 2.24) is 10.2 Å². The Hall–Kier alpha value is -2.66. The Labute approximate surface area is 143 Å². The summed E-state index contributed by atoms with van der Waals surface area (Å²) in [5, 5.41) is 10.5. The second-order valence-electron chi connectivity index (χ2n) is 5.25. The van der Waals surface area contributed by atoms with E-state index >= 15 is 0 Å². The van der Waals surface area contributed by atoms with E-state index in [2.05, 4.69) is 15.5 Å². The molecule has 3 aromatic rings. The van der Waals surface area contributed by atoms with Crippen molar-refractivity contribution < 1.29 is 9.18 Å². The van der Waals surface area contributed by atoms with Gasteiger partial charge in [0.2, 0.25) is 0 Å². The number of benzene rings is 2. The Morgan fingerprint density at radius 3 is 2.75 bits per heavy atom. The highest BCUT2D eigenvalue weighted by molar-refractivity contribution is 6.31. The molecule has 4 nitrogen and oxygen atoms in total. The maximum Gasteiger partial charge on any atom is 0.255 e. The third-order valence-corrected chi connectivity index (χ3v) is 3.85. The van der Waals surface area contributed by atoms with E-state index in [0.717, 1.165) is 5.69 Å². The van der Waals surface area contributed by atoms with Gasteiger partial charge in [0.25, 0.3) is 5.91 Å². The third kappa shape index (κ3) is 3.31. The van der Waals surface area contributed by atoms with Gasteiger partial charge >= 0.3 is 0 Å². The smallest absolute Gasteiger partial charge is 0.255 e. The lowest BCUT2D eigenvalue weighted by Gasteiger charge is -2.08. The van der Waals surface area contributed by atoms with Gasteiger partial charge in [-0.1, -0.05) is 36.7 Å². The quantitative estimate of drug-likeness (QED) is 0.722. The Morgan fingerprint density at radius 1 is 1.25 bits per heavy atom. The monoisotopic (exact) mass is 343 g/mol. The first kappa shape index (κ1) is 16.2. The molecule has 0 bridgehead atoms. The summed E-state index contributed by atoms with van der Waals surface area (Å²) < 4.78 is 13.5. The SMILES string of the molecule is CCc1[nH]nc(-c2cccc(F)c2)c1NC(=O)c1cccc(Cl)c1. The molecule has 0 unspecified atom stereocenters. The molecule has 0 fully saturated rings. The van der Waals surface area contributed by atoms with E-state index in [-0.39, 0.29) is 11.7 Å². The van der Waals surface area contributed by atoms with E-state index in [1.54, 1.807) is 36.4 Å². The summed E-state index contributed by atoms with van der Waals surface area (Å²) in [5.74, 6) is -0.660. The van der Waals surface area contributed by atoms with Crippen molar-refractivity contribution in [2.24, 2.45) is 0 Å². The maximum absolute atomic E-state index is 13.5. The van der Waals surface area contributed by atoms with Gasteiger partial charge in [0.15, 0.2) is 0 Å². The number of nitrogens with zero attached hydrogens (tertiary/aromatic N) is 1. The topological polar surface area (TPSA) is 57.8 Å². The van der Waals surface area contributed by atoms with Crippen molar-refractivity contribution in [3.05, 3.63) is 70.6 Å². The highest BCUT2D eigenvalue weighted by Crippen LogP contribution is 2.30. The van der Waals surface area contributed by atoms with Crippen LogP contribution in [0.15, 0.2) is 48.5 Å². The molecular formula is C18H15ClFN3O. The van der Waals surface area contributed by atoms with Crippen LogP contribution in [-0.4, -0.2) is 16.1 Å². The van der Waals surface area contributed by atoms with Crippen LogP contribution in [0.25, 0.3) is 11.3 Å². The lowest BCUT2D eigenvalue weighted by Crippen LogP contribution is -2.13. The zero-order chi connectivity index (χ0) is 17.1. The summed E-state index contributed by atoms with van der Waals surface area (Å²) in [6, 6.07) is 12.8. The summed E-state index contributed by atoms with van der Waals surface area (Å²) in [4.78, 5) is 12.5. The highest BCUT2D eigenvalue weighted by atomic mass is 35.5. The lowest BCUT2D eigenvalue weighted by molar-refractivity contribution is 0.102. The molecule has 1 aromatic heterocycles. The number of amides is 1. The van der Waals surface area contributed by atoms with E-state index in [9.17, 15) is 9.18 Å². The number of carbonyl (C=O) groups is 1. The van der Waals surface area contributed by atoms with Crippen LogP contribution in [0.2, 0.25) is 5.02 Å². The van der Waals surface area contributed by atoms with Gasteiger partial charge in [0.05, 0.1) is 11.4 Å². The minimum atomic E-state index is -0.360. The van der Waals surface area contributed by atoms with E-state index in [1.807, 2.05) is 6.92 Å². The fraction of sp³-hybridized carbons (Fsp3) is 0.111. The van der Waals surface area contributed by atoms with Crippen LogP contribution in [0.5, 0.6) is 0 Å². The normalized spacial score (nSPS) is 10.6. The molecule has 0 atom stereocenters. The molecule has 0 saturated heterocycles. The standard InChI is InChI=1S/C18H15ClFN3O/c1-2-15-17(21-18(24)12-6-3-7-13(19)9-12)16(23-22-15)11-5-4-8-14(20)10-11/h3-10H,2H2,1H3,(H,21,24)(H,22,23). The molecule has 0 spiro atoms. The molecular weight excluding hydrogens is 329 g/mol. The number of halogens is 2. The van der Waals surface area contributed by atoms with E-state index < -0.39 is 0 Å². The average Bonchev–Trinajstić information content (AvgIpc) is 2.97. The van der Waals surface area contributed by atoms with Crippen molar-refractivity contribution in [2.75, 3.05) is 5.32 Å². The molecule has 2 N–H and O–H groups in total. The van der Waals surface area contributed by atoms with Crippen LogP contribution in [0.4, 0.5) is 10.1 Å². The number of rotatable bonds is 4. The van der Waals surface area contributed by atoms with Gasteiger partial charge in [-0.15, -0.1) is 0 Å². The molecule has 6 heteroatoms. The number of hydrogen-bond donors (Lipinski definition) is 2. The van der Waals surface area contributed by atoms with Crippen LogP contribution in [0, 0.1) is 5.82 Å². The molecule has 0 aliphatic rings. The summed E-state index contributed by atoms with van der Waals surface area (Å²) >= 11 is 5.93. The average molecular weight is 344 g/mol. The van der Waals surface area contributed by atoms with Gasteiger partial charge in [0.1, 0.15) is 11.5 Å². The predicted octanol–water partition coefficient (Wildman–Crippen LogP) is 4.68. The van der Waals surface area contributed by atoms with Crippen LogP contribution in [-0.2, 0) is 6.42 Å². The fourth-order valence-electron chi connectivity index (χ4n) is 2.43. The van der Waals surface area contributed by atoms with Crippen molar-refractivity contribution in [3.63, 3.8) is 0 Å². The zero-order valence-electron chi connectivity index (χ0n) is 12.9. The third-order valence-electron chi connectivity index (χ3n) is 3.62. The number of aromatic amines is 1. The first-order valence-electron chi connectivity index (χ1n) is 7.48. The van der Waals surface area contributed by atoms with Crippen molar-refractivity contribution in [1.29, 1.82) is 0 Å². The van der Waals surface area contributed by atoms with Crippen LogP contribution in [0.1, 0.15) is 23.0 Å². The molecule has 24 heavy (non-hydrogen) atoms. The number of hydrogen-bond acceptors (Lipinski definition) is 2. The Balaban J connectivity index is 1.98. The predicted molar refractivity (Wildman–Crippen MR) is 92.8 cm³/mol. The molecule has 0 aliphatic carbocycles. The number of carbonyl (C=O) groups excluding carboxylic acids is 1. The minimum Gasteiger partial charge on any atom is -0.319 e. The van der Waals surface area contributed by atoms with Crippen molar-refractivity contribution in [3.8, 4) is 11.3 Å². The number of aromatic nitrogens is 2. The zero-order valence-corrected chi connectivity index (χ0v) is 13.7. The summed E-state index contributed by atoms with van der Waals surface area (Å²) in [6.07, 6.45) is 0.646. The van der Waals surface area contributed by atoms with Gasteiger partial charge in [-0.3, -0.25) is 9.89 Å². The van der Waals surface area contributed by atoms with Gasteiger partial charge in [-0.25, -0.2) is 4.39 Å². The molecule has 1 heterocycles. The van der Waals surface area contributed by atoms with Crippen LogP contribution < -0.4 is 5.32 Å². The minimum absolute atomic E-state index is 0.300. The number of nitrogens with one attached hydrogen (secondary N) is 2. The van der Waals surface area contributed by atoms with E-state index in [4.69, 9.17) is 11.6 Å². The molecule has 1 amide bonds. The summed E-state index contributed by atoms with van der Waals surface area (Å²) in [7, 11) is 0. The molecule has 3 rings (SSSR count). The second-order valence-corrected chi connectivity index (χ2v) is 5.69. The van der Waals surface area contributed by atoms with Gasteiger partial charge in [-0.05, 0) is 36.8 Å². The summed E-state index contributed by atoms with van der Waals surface area (Å²) in [5.41, 5.74) is 2.85. The second kappa shape index (κ2) is 6.84. The largest absolute Gasteiger partial charge is 0.319 e. The number of aryl methyl sites for hydroxylation is 1. The molecule has 2 aromatic carbocycles. The molecule has 122 valence electrons. The number of H-pyrrole nitrogens is 1. The van der Waals surface area contributed by atoms with Crippen molar-refractivity contribution >= 4 is 23.2 Å². The van der Waals surface area contributed by atoms with Gasteiger partial charge < -0.3 is 5.32 Å². The van der Waals surface area contributed by atoms with Gasteiger partial charge in [0, 0.05) is 16.1 Å².